The highest BCUT2D eigenvalue weighted by atomic mass is 16.5. The summed E-state index contributed by atoms with van der Waals surface area (Å²) < 4.78 is 6.50. The van der Waals surface area contributed by atoms with Gasteiger partial charge < -0.3 is 20.1 Å². The van der Waals surface area contributed by atoms with Crippen molar-refractivity contribution in [2.45, 2.75) is 78.2 Å². The highest BCUT2D eigenvalue weighted by Crippen LogP contribution is 2.67. The molecule has 0 aromatic carbocycles. The maximum Gasteiger partial charge on any atom is 0.300 e. The SMILES string of the molecule is COCC1CCC2(C)C(CCC3C2CCC2(C)C(C(=O)Cn4c(O)nc(O)c4O)CCC32)C1. The molecular weight excluding hydrogens is 420 g/mol. The molecule has 8 unspecified atom stereocenters. The van der Waals surface area contributed by atoms with E-state index in [0.717, 1.165) is 42.3 Å². The molecule has 7 heteroatoms. The van der Waals surface area contributed by atoms with E-state index in [1.807, 2.05) is 7.11 Å². The number of fused-ring (bicyclic) bond motifs is 5. The molecule has 0 saturated heterocycles. The molecule has 4 aliphatic carbocycles. The van der Waals surface area contributed by atoms with Crippen LogP contribution in [0.1, 0.15) is 71.6 Å². The van der Waals surface area contributed by atoms with E-state index in [1.54, 1.807) is 0 Å². The van der Waals surface area contributed by atoms with Gasteiger partial charge in [-0.1, -0.05) is 13.8 Å². The maximum atomic E-state index is 13.4. The van der Waals surface area contributed by atoms with Crippen molar-refractivity contribution in [1.82, 2.24) is 9.55 Å². The fourth-order valence-corrected chi connectivity index (χ4v) is 9.10. The van der Waals surface area contributed by atoms with Crippen LogP contribution in [-0.2, 0) is 16.1 Å². The largest absolute Gasteiger partial charge is 0.491 e. The standard InChI is InChI=1S/C26H40N2O5/c1-25-10-8-15(14-33-3)12-16(25)4-5-17-18-6-7-20(26(18,2)11-9-19(17)25)21(29)13-28-23(31)22(30)27-24(28)32/h15-20,30-31H,4-14H2,1-3H3,(H,27,32). The highest BCUT2D eigenvalue weighted by Gasteiger charge is 2.61. The Kier molecular flexibility index (Phi) is 5.70. The van der Waals surface area contributed by atoms with Crippen LogP contribution >= 0.6 is 0 Å². The van der Waals surface area contributed by atoms with Crippen molar-refractivity contribution in [2.24, 2.45) is 46.3 Å². The predicted molar refractivity (Wildman–Crippen MR) is 123 cm³/mol. The second-order valence-corrected chi connectivity index (χ2v) is 12.0. The van der Waals surface area contributed by atoms with Crippen LogP contribution in [0.3, 0.4) is 0 Å². The van der Waals surface area contributed by atoms with Gasteiger partial charge in [-0.2, -0.15) is 4.98 Å². The number of ketones is 1. The summed E-state index contributed by atoms with van der Waals surface area (Å²) in [7, 11) is 1.82. The van der Waals surface area contributed by atoms with Gasteiger partial charge >= 0.3 is 6.01 Å². The summed E-state index contributed by atoms with van der Waals surface area (Å²) in [6.07, 6.45) is 10.7. The molecule has 33 heavy (non-hydrogen) atoms. The molecule has 4 fully saturated rings. The van der Waals surface area contributed by atoms with Gasteiger partial charge in [-0.15, -0.1) is 0 Å². The average molecular weight is 461 g/mol. The van der Waals surface area contributed by atoms with Crippen molar-refractivity contribution in [1.29, 1.82) is 0 Å². The van der Waals surface area contributed by atoms with Crippen molar-refractivity contribution >= 4 is 5.78 Å². The third-order valence-electron chi connectivity index (χ3n) is 10.8. The topological polar surface area (TPSA) is 105 Å². The number of hydrogen-bond donors (Lipinski definition) is 3. The lowest BCUT2D eigenvalue weighted by atomic mass is 9.44. The van der Waals surface area contributed by atoms with E-state index in [-0.39, 0.29) is 23.7 Å². The Morgan fingerprint density at radius 1 is 1.03 bits per heavy atom. The monoisotopic (exact) mass is 460 g/mol. The number of hydrogen-bond acceptors (Lipinski definition) is 6. The zero-order valence-corrected chi connectivity index (χ0v) is 20.3. The number of nitrogens with zero attached hydrogens (tertiary/aromatic N) is 2. The maximum absolute atomic E-state index is 13.4. The van der Waals surface area contributed by atoms with E-state index in [1.165, 1.54) is 38.5 Å². The number of ether oxygens (including phenoxy) is 1. The number of imidazole rings is 1. The molecule has 0 amide bonds. The molecule has 1 aromatic heterocycles. The number of aromatic hydroxyl groups is 3. The predicted octanol–water partition coefficient (Wildman–Crippen LogP) is 4.49. The molecule has 184 valence electrons. The van der Waals surface area contributed by atoms with E-state index in [4.69, 9.17) is 4.74 Å². The van der Waals surface area contributed by atoms with Gasteiger partial charge in [0.25, 0.3) is 11.8 Å². The Labute approximate surface area is 196 Å². The quantitative estimate of drug-likeness (QED) is 0.598. The van der Waals surface area contributed by atoms with Gasteiger partial charge in [0.2, 0.25) is 0 Å². The number of aromatic nitrogens is 2. The van der Waals surface area contributed by atoms with Gasteiger partial charge in [0.05, 0.1) is 6.54 Å². The summed E-state index contributed by atoms with van der Waals surface area (Å²) in [5, 5.41) is 29.5. The summed E-state index contributed by atoms with van der Waals surface area (Å²) in [5.74, 6) is 2.31. The number of Topliss-reactive ketones (excluding diaryl/α,β-unsaturated/α-hetero) is 1. The molecular formula is C26H40N2O5. The Morgan fingerprint density at radius 2 is 1.76 bits per heavy atom. The number of carbonyl (C=O) groups excluding carboxylic acids is 1. The minimum Gasteiger partial charge on any atom is -0.491 e. The third-order valence-corrected chi connectivity index (χ3v) is 10.8. The summed E-state index contributed by atoms with van der Waals surface area (Å²) >= 11 is 0. The van der Waals surface area contributed by atoms with Gasteiger partial charge in [-0.05, 0) is 98.2 Å². The minimum atomic E-state index is -0.637. The third kappa shape index (κ3) is 3.48. The first kappa shape index (κ1) is 23.0. The van der Waals surface area contributed by atoms with E-state index < -0.39 is 17.8 Å². The molecule has 1 aromatic rings. The van der Waals surface area contributed by atoms with Gasteiger partial charge in [-0.3, -0.25) is 9.36 Å². The summed E-state index contributed by atoms with van der Waals surface area (Å²) in [4.78, 5) is 16.8. The van der Waals surface area contributed by atoms with Gasteiger partial charge in [0, 0.05) is 19.6 Å². The zero-order valence-electron chi connectivity index (χ0n) is 20.3. The lowest BCUT2D eigenvalue weighted by Crippen LogP contribution is -2.54. The smallest absolute Gasteiger partial charge is 0.300 e. The number of carbonyl (C=O) groups is 1. The van der Waals surface area contributed by atoms with Crippen LogP contribution in [-0.4, -0.2) is 44.4 Å². The van der Waals surface area contributed by atoms with Crippen LogP contribution in [0.25, 0.3) is 0 Å². The van der Waals surface area contributed by atoms with Gasteiger partial charge in [0.1, 0.15) is 0 Å². The zero-order chi connectivity index (χ0) is 23.5. The Bertz CT molecular complexity index is 915. The van der Waals surface area contributed by atoms with Crippen LogP contribution in [0, 0.1) is 46.3 Å². The van der Waals surface area contributed by atoms with Crippen LogP contribution < -0.4 is 0 Å². The summed E-state index contributed by atoms with van der Waals surface area (Å²) in [6, 6.07) is -0.517. The van der Waals surface area contributed by atoms with E-state index in [0.29, 0.717) is 23.2 Å². The highest BCUT2D eigenvalue weighted by molar-refractivity contribution is 5.82. The molecule has 0 bridgehead atoms. The second-order valence-electron chi connectivity index (χ2n) is 12.0. The second kappa shape index (κ2) is 8.17. The first-order chi connectivity index (χ1) is 15.7. The molecule has 5 rings (SSSR count). The van der Waals surface area contributed by atoms with Crippen LogP contribution in [0.4, 0.5) is 0 Å². The molecule has 4 aliphatic rings. The number of methoxy groups -OCH3 is 1. The first-order valence-corrected chi connectivity index (χ1v) is 12.9. The lowest BCUT2D eigenvalue weighted by Gasteiger charge is -2.61. The summed E-state index contributed by atoms with van der Waals surface area (Å²) in [6.45, 7) is 5.63. The van der Waals surface area contributed by atoms with E-state index in [2.05, 4.69) is 18.8 Å². The molecule has 4 saturated carbocycles. The Balaban J connectivity index is 1.32. The van der Waals surface area contributed by atoms with Crippen molar-refractivity contribution < 1.29 is 24.9 Å². The lowest BCUT2D eigenvalue weighted by molar-refractivity contribution is -0.138. The van der Waals surface area contributed by atoms with Crippen LogP contribution in [0.2, 0.25) is 0 Å². The molecule has 1 heterocycles. The molecule has 0 aliphatic heterocycles. The molecule has 8 atom stereocenters. The fraction of sp³-hybridized carbons (Fsp3) is 0.846. The average Bonchev–Trinajstić information content (AvgIpc) is 3.25. The van der Waals surface area contributed by atoms with E-state index in [9.17, 15) is 20.1 Å². The van der Waals surface area contributed by atoms with Gasteiger partial charge in [0.15, 0.2) is 5.78 Å². The van der Waals surface area contributed by atoms with Crippen molar-refractivity contribution in [2.75, 3.05) is 13.7 Å². The summed E-state index contributed by atoms with van der Waals surface area (Å²) in [5.41, 5.74) is 0.394. The minimum absolute atomic E-state index is 0.0252. The first-order valence-electron chi connectivity index (χ1n) is 12.9. The normalized spacial score (nSPS) is 42.4. The number of rotatable bonds is 5. The van der Waals surface area contributed by atoms with Crippen molar-refractivity contribution in [3.63, 3.8) is 0 Å². The van der Waals surface area contributed by atoms with Gasteiger partial charge in [-0.25, -0.2) is 0 Å². The fourth-order valence-electron chi connectivity index (χ4n) is 9.10. The van der Waals surface area contributed by atoms with Crippen molar-refractivity contribution in [3.8, 4) is 17.8 Å². The van der Waals surface area contributed by atoms with Crippen molar-refractivity contribution in [3.05, 3.63) is 0 Å². The molecule has 0 radical (unpaired) electrons. The van der Waals surface area contributed by atoms with Crippen LogP contribution in [0.15, 0.2) is 0 Å². The van der Waals surface area contributed by atoms with E-state index >= 15 is 0 Å². The Morgan fingerprint density at radius 3 is 2.45 bits per heavy atom. The molecule has 0 spiro atoms. The van der Waals surface area contributed by atoms with Crippen LogP contribution in [0.5, 0.6) is 17.8 Å². The molecule has 7 nitrogen and oxygen atoms in total. The molecule has 3 N–H and O–H groups in total. The Hall–Kier alpha value is -1.76.